The predicted molar refractivity (Wildman–Crippen MR) is 110 cm³/mol. The van der Waals surface area contributed by atoms with Crippen LogP contribution in [0.1, 0.15) is 12.2 Å². The molecule has 0 aliphatic rings. The van der Waals surface area contributed by atoms with Gasteiger partial charge in [0.05, 0.1) is 24.5 Å². The van der Waals surface area contributed by atoms with Crippen molar-refractivity contribution in [1.29, 1.82) is 0 Å². The van der Waals surface area contributed by atoms with Crippen molar-refractivity contribution in [2.45, 2.75) is 12.8 Å². The standard InChI is InChI=1S/C22H16ClNO6/c1-27-14-4-2-13(3-5-14)18-12-28-19-10-15(6-8-17(19)22(18)26)29-21(25)9-7-16-11-20(23)24-30-16/h2-6,8,10-12H,7,9H2,1H3. The molecule has 0 aliphatic heterocycles. The lowest BCUT2D eigenvalue weighted by Gasteiger charge is -2.07. The summed E-state index contributed by atoms with van der Waals surface area (Å²) in [5.74, 6) is 1.01. The number of halogens is 1. The average molecular weight is 426 g/mol. The van der Waals surface area contributed by atoms with Crippen molar-refractivity contribution in [2.24, 2.45) is 0 Å². The highest BCUT2D eigenvalue weighted by atomic mass is 35.5. The molecule has 8 heteroatoms. The number of benzene rings is 2. The maximum Gasteiger partial charge on any atom is 0.311 e. The van der Waals surface area contributed by atoms with Gasteiger partial charge in [-0.3, -0.25) is 9.59 Å². The third-order valence-corrected chi connectivity index (χ3v) is 4.66. The van der Waals surface area contributed by atoms with Crippen LogP contribution in [0, 0.1) is 0 Å². The Kier molecular flexibility index (Phi) is 5.54. The molecule has 0 N–H and O–H groups in total. The number of aryl methyl sites for hydroxylation is 1. The highest BCUT2D eigenvalue weighted by Crippen LogP contribution is 2.25. The van der Waals surface area contributed by atoms with Crippen LogP contribution < -0.4 is 14.9 Å². The Morgan fingerprint density at radius 2 is 1.87 bits per heavy atom. The second-order valence-corrected chi connectivity index (χ2v) is 6.84. The van der Waals surface area contributed by atoms with E-state index in [1.165, 1.54) is 12.3 Å². The van der Waals surface area contributed by atoms with Crippen molar-refractivity contribution in [3.05, 3.63) is 75.9 Å². The van der Waals surface area contributed by atoms with Crippen molar-refractivity contribution in [1.82, 2.24) is 5.16 Å². The first-order valence-corrected chi connectivity index (χ1v) is 9.43. The van der Waals surface area contributed by atoms with E-state index in [0.29, 0.717) is 34.5 Å². The molecule has 0 bridgehead atoms. The summed E-state index contributed by atoms with van der Waals surface area (Å²) in [6.45, 7) is 0. The number of hydrogen-bond acceptors (Lipinski definition) is 7. The molecular formula is C22H16ClNO6. The minimum Gasteiger partial charge on any atom is -0.497 e. The second kappa shape index (κ2) is 8.42. The molecule has 0 fully saturated rings. The Labute approximate surface area is 175 Å². The molecule has 0 atom stereocenters. The van der Waals surface area contributed by atoms with E-state index in [-0.39, 0.29) is 22.8 Å². The number of methoxy groups -OCH3 is 1. The molecule has 0 spiro atoms. The summed E-state index contributed by atoms with van der Waals surface area (Å²) in [6.07, 6.45) is 1.79. The van der Waals surface area contributed by atoms with Crippen LogP contribution in [-0.2, 0) is 11.2 Å². The molecule has 2 heterocycles. The highest BCUT2D eigenvalue weighted by Gasteiger charge is 2.13. The van der Waals surface area contributed by atoms with E-state index in [1.807, 2.05) is 0 Å². The van der Waals surface area contributed by atoms with Gasteiger partial charge in [0.1, 0.15) is 29.1 Å². The first kappa shape index (κ1) is 19.7. The topological polar surface area (TPSA) is 91.8 Å². The van der Waals surface area contributed by atoms with Crippen LogP contribution in [-0.4, -0.2) is 18.2 Å². The molecule has 0 unspecified atom stereocenters. The number of nitrogens with zero attached hydrogens (tertiary/aromatic N) is 1. The summed E-state index contributed by atoms with van der Waals surface area (Å²) in [7, 11) is 1.58. The molecule has 152 valence electrons. The van der Waals surface area contributed by atoms with E-state index < -0.39 is 5.97 Å². The van der Waals surface area contributed by atoms with Gasteiger partial charge in [-0.15, -0.1) is 0 Å². The van der Waals surface area contributed by atoms with Gasteiger partial charge in [0.25, 0.3) is 0 Å². The zero-order chi connectivity index (χ0) is 21.1. The number of ether oxygens (including phenoxy) is 2. The van der Waals surface area contributed by atoms with Crippen LogP contribution in [0.2, 0.25) is 5.15 Å². The molecule has 2 aromatic heterocycles. The smallest absolute Gasteiger partial charge is 0.311 e. The summed E-state index contributed by atoms with van der Waals surface area (Å²) in [6, 6.07) is 13.3. The number of rotatable bonds is 6. The summed E-state index contributed by atoms with van der Waals surface area (Å²) in [4.78, 5) is 24.9. The Balaban J connectivity index is 1.51. The van der Waals surface area contributed by atoms with Gasteiger partial charge in [-0.1, -0.05) is 28.9 Å². The Hall–Kier alpha value is -3.58. The first-order chi connectivity index (χ1) is 14.5. The molecule has 2 aromatic carbocycles. The number of fused-ring (bicyclic) bond motifs is 1. The Bertz CT molecular complexity index is 1260. The third-order valence-electron chi connectivity index (χ3n) is 4.48. The zero-order valence-corrected chi connectivity index (χ0v) is 16.6. The van der Waals surface area contributed by atoms with Crippen LogP contribution in [0.25, 0.3) is 22.1 Å². The molecule has 4 aromatic rings. The summed E-state index contributed by atoms with van der Waals surface area (Å²) < 4.78 is 21.0. The number of hydrogen-bond donors (Lipinski definition) is 0. The van der Waals surface area contributed by atoms with Crippen LogP contribution >= 0.6 is 11.6 Å². The zero-order valence-electron chi connectivity index (χ0n) is 15.9. The van der Waals surface area contributed by atoms with Crippen molar-refractivity contribution < 1.29 is 23.2 Å². The highest BCUT2D eigenvalue weighted by molar-refractivity contribution is 6.29. The lowest BCUT2D eigenvalue weighted by molar-refractivity contribution is -0.134. The molecule has 7 nitrogen and oxygen atoms in total. The SMILES string of the molecule is COc1ccc(-c2coc3cc(OC(=O)CCc4cc(Cl)no4)ccc3c2=O)cc1. The molecule has 0 saturated heterocycles. The summed E-state index contributed by atoms with van der Waals surface area (Å²) in [5, 5.41) is 4.17. The summed E-state index contributed by atoms with van der Waals surface area (Å²) >= 11 is 5.67. The molecule has 4 rings (SSSR count). The normalized spacial score (nSPS) is 10.9. The Morgan fingerprint density at radius 3 is 2.57 bits per heavy atom. The quantitative estimate of drug-likeness (QED) is 0.328. The van der Waals surface area contributed by atoms with E-state index in [4.69, 9.17) is 30.0 Å². The van der Waals surface area contributed by atoms with Gasteiger partial charge in [0.15, 0.2) is 10.6 Å². The van der Waals surface area contributed by atoms with E-state index in [0.717, 1.165) is 5.56 Å². The van der Waals surface area contributed by atoms with Gasteiger partial charge >= 0.3 is 5.97 Å². The van der Waals surface area contributed by atoms with Crippen molar-refractivity contribution in [2.75, 3.05) is 7.11 Å². The second-order valence-electron chi connectivity index (χ2n) is 6.45. The fraction of sp³-hybridized carbons (Fsp3) is 0.136. The van der Waals surface area contributed by atoms with E-state index >= 15 is 0 Å². The minimum atomic E-state index is -0.459. The molecular weight excluding hydrogens is 410 g/mol. The van der Waals surface area contributed by atoms with Crippen molar-refractivity contribution >= 4 is 28.5 Å². The van der Waals surface area contributed by atoms with Crippen molar-refractivity contribution in [3.8, 4) is 22.6 Å². The monoisotopic (exact) mass is 425 g/mol. The lowest BCUT2D eigenvalue weighted by atomic mass is 10.1. The Morgan fingerprint density at radius 1 is 1.10 bits per heavy atom. The lowest BCUT2D eigenvalue weighted by Crippen LogP contribution is -2.09. The fourth-order valence-electron chi connectivity index (χ4n) is 2.96. The van der Waals surface area contributed by atoms with Gasteiger partial charge in [0.2, 0.25) is 0 Å². The van der Waals surface area contributed by atoms with Gasteiger partial charge in [0, 0.05) is 18.6 Å². The van der Waals surface area contributed by atoms with Crippen LogP contribution in [0.15, 0.2) is 68.5 Å². The predicted octanol–water partition coefficient (Wildman–Crippen LogP) is 4.65. The van der Waals surface area contributed by atoms with Crippen LogP contribution in [0.5, 0.6) is 11.5 Å². The van der Waals surface area contributed by atoms with Gasteiger partial charge in [-0.05, 0) is 29.8 Å². The molecule has 0 aliphatic carbocycles. The van der Waals surface area contributed by atoms with E-state index in [1.54, 1.807) is 49.6 Å². The van der Waals surface area contributed by atoms with E-state index in [9.17, 15) is 9.59 Å². The molecule has 0 radical (unpaired) electrons. The van der Waals surface area contributed by atoms with Crippen LogP contribution in [0.3, 0.4) is 0 Å². The number of carbonyl (C=O) groups excluding carboxylic acids is 1. The van der Waals surface area contributed by atoms with Gasteiger partial charge in [-0.25, -0.2) is 0 Å². The number of aromatic nitrogens is 1. The van der Waals surface area contributed by atoms with Crippen LogP contribution in [0.4, 0.5) is 0 Å². The maximum atomic E-state index is 12.9. The first-order valence-electron chi connectivity index (χ1n) is 9.05. The average Bonchev–Trinajstić information content (AvgIpc) is 3.18. The molecule has 0 saturated carbocycles. The molecule has 0 amide bonds. The minimum absolute atomic E-state index is 0.0872. The maximum absolute atomic E-state index is 12.9. The third kappa shape index (κ3) is 4.21. The van der Waals surface area contributed by atoms with Crippen molar-refractivity contribution in [3.63, 3.8) is 0 Å². The summed E-state index contributed by atoms with van der Waals surface area (Å²) in [5.41, 5.74) is 1.29. The van der Waals surface area contributed by atoms with Gasteiger partial charge in [-0.2, -0.15) is 0 Å². The van der Waals surface area contributed by atoms with Gasteiger partial charge < -0.3 is 18.4 Å². The largest absolute Gasteiger partial charge is 0.497 e. The number of carbonyl (C=O) groups is 1. The van der Waals surface area contributed by atoms with E-state index in [2.05, 4.69) is 5.16 Å². The fourth-order valence-corrected chi connectivity index (χ4v) is 3.11. The molecule has 30 heavy (non-hydrogen) atoms. The number of esters is 1.